The lowest BCUT2D eigenvalue weighted by Gasteiger charge is -2.19. The van der Waals surface area contributed by atoms with E-state index in [2.05, 4.69) is 30.1 Å². The fourth-order valence-corrected chi connectivity index (χ4v) is 1.71. The van der Waals surface area contributed by atoms with Gasteiger partial charge in [-0.1, -0.05) is 13.8 Å². The Morgan fingerprint density at radius 1 is 1.41 bits per heavy atom. The van der Waals surface area contributed by atoms with Gasteiger partial charge in [-0.3, -0.25) is 4.90 Å². The third kappa shape index (κ3) is 4.89. The number of ether oxygens (including phenoxy) is 1. The van der Waals surface area contributed by atoms with Gasteiger partial charge < -0.3 is 14.5 Å². The van der Waals surface area contributed by atoms with Gasteiger partial charge in [-0.05, 0) is 19.2 Å². The van der Waals surface area contributed by atoms with Gasteiger partial charge in [0.1, 0.15) is 5.76 Å². The van der Waals surface area contributed by atoms with E-state index in [1.54, 1.807) is 13.4 Å². The molecule has 0 fully saturated rings. The number of rotatable bonds is 9. The lowest BCUT2D eigenvalue weighted by atomic mass is 10.2. The number of hydrogen-bond donors (Lipinski definition) is 1. The molecule has 0 bridgehead atoms. The number of likely N-dealkylation sites (N-methyl/N-ethyl adjacent to an activating group) is 1. The SMILES string of the molecule is CCNCc1occc1CN(CC)CCOC. The van der Waals surface area contributed by atoms with Gasteiger partial charge in [0.15, 0.2) is 0 Å². The predicted octanol–water partition coefficient (Wildman–Crippen LogP) is 1.86. The van der Waals surface area contributed by atoms with Crippen molar-refractivity contribution in [3.8, 4) is 0 Å². The van der Waals surface area contributed by atoms with Gasteiger partial charge in [0.2, 0.25) is 0 Å². The first-order valence-electron chi connectivity index (χ1n) is 6.29. The summed E-state index contributed by atoms with van der Waals surface area (Å²) in [6.07, 6.45) is 1.77. The molecule has 1 aromatic heterocycles. The Morgan fingerprint density at radius 2 is 2.24 bits per heavy atom. The summed E-state index contributed by atoms with van der Waals surface area (Å²) in [6, 6.07) is 2.06. The highest BCUT2D eigenvalue weighted by atomic mass is 16.5. The van der Waals surface area contributed by atoms with Crippen molar-refractivity contribution in [1.82, 2.24) is 10.2 Å². The van der Waals surface area contributed by atoms with E-state index >= 15 is 0 Å². The molecule has 4 nitrogen and oxygen atoms in total. The molecule has 0 aromatic carbocycles. The van der Waals surface area contributed by atoms with Crippen molar-refractivity contribution in [2.24, 2.45) is 0 Å². The van der Waals surface area contributed by atoms with E-state index < -0.39 is 0 Å². The molecule has 0 atom stereocenters. The van der Waals surface area contributed by atoms with Crippen LogP contribution in [0.15, 0.2) is 16.7 Å². The topological polar surface area (TPSA) is 37.6 Å². The van der Waals surface area contributed by atoms with Crippen LogP contribution in [0.4, 0.5) is 0 Å². The van der Waals surface area contributed by atoms with Crippen molar-refractivity contribution in [1.29, 1.82) is 0 Å². The van der Waals surface area contributed by atoms with E-state index in [1.807, 2.05) is 0 Å². The van der Waals surface area contributed by atoms with E-state index in [0.717, 1.165) is 45.1 Å². The van der Waals surface area contributed by atoms with Crippen LogP contribution in [0.3, 0.4) is 0 Å². The summed E-state index contributed by atoms with van der Waals surface area (Å²) in [5.41, 5.74) is 1.27. The number of nitrogens with zero attached hydrogens (tertiary/aromatic N) is 1. The Labute approximate surface area is 104 Å². The molecular formula is C13H24N2O2. The quantitative estimate of drug-likeness (QED) is 0.715. The molecule has 98 valence electrons. The summed E-state index contributed by atoms with van der Waals surface area (Å²) in [7, 11) is 1.74. The second-order valence-corrected chi connectivity index (χ2v) is 4.01. The third-order valence-electron chi connectivity index (χ3n) is 2.83. The molecule has 1 N–H and O–H groups in total. The van der Waals surface area contributed by atoms with Crippen LogP contribution in [0.25, 0.3) is 0 Å². The normalized spacial score (nSPS) is 11.3. The van der Waals surface area contributed by atoms with Crippen LogP contribution in [0.1, 0.15) is 25.2 Å². The van der Waals surface area contributed by atoms with Crippen LogP contribution in [0.5, 0.6) is 0 Å². The average molecular weight is 240 g/mol. The van der Waals surface area contributed by atoms with Crippen LogP contribution < -0.4 is 5.32 Å². The molecule has 0 aliphatic heterocycles. The van der Waals surface area contributed by atoms with Crippen molar-refractivity contribution in [2.75, 3.05) is 33.4 Å². The van der Waals surface area contributed by atoms with Gasteiger partial charge in [0.25, 0.3) is 0 Å². The van der Waals surface area contributed by atoms with E-state index in [0.29, 0.717) is 0 Å². The molecular weight excluding hydrogens is 216 g/mol. The van der Waals surface area contributed by atoms with Crippen LogP contribution in [0.2, 0.25) is 0 Å². The van der Waals surface area contributed by atoms with Crippen molar-refractivity contribution >= 4 is 0 Å². The molecule has 1 heterocycles. The monoisotopic (exact) mass is 240 g/mol. The van der Waals surface area contributed by atoms with E-state index in [-0.39, 0.29) is 0 Å². The molecule has 4 heteroatoms. The molecule has 0 unspecified atom stereocenters. The maximum Gasteiger partial charge on any atom is 0.122 e. The van der Waals surface area contributed by atoms with Gasteiger partial charge in [-0.2, -0.15) is 0 Å². The van der Waals surface area contributed by atoms with E-state index in [9.17, 15) is 0 Å². The molecule has 0 saturated carbocycles. The summed E-state index contributed by atoms with van der Waals surface area (Å²) in [5.74, 6) is 1.04. The first-order valence-corrected chi connectivity index (χ1v) is 6.29. The van der Waals surface area contributed by atoms with Gasteiger partial charge in [-0.25, -0.2) is 0 Å². The zero-order valence-electron chi connectivity index (χ0n) is 11.2. The van der Waals surface area contributed by atoms with E-state index in [1.165, 1.54) is 5.56 Å². The summed E-state index contributed by atoms with van der Waals surface area (Å²) < 4.78 is 10.6. The Hall–Kier alpha value is -0.840. The average Bonchev–Trinajstić information content (AvgIpc) is 2.79. The maximum atomic E-state index is 5.50. The molecule has 0 radical (unpaired) electrons. The highest BCUT2D eigenvalue weighted by Gasteiger charge is 2.09. The first-order chi connectivity index (χ1) is 8.31. The molecule has 0 amide bonds. The summed E-state index contributed by atoms with van der Waals surface area (Å²) in [4.78, 5) is 2.35. The van der Waals surface area contributed by atoms with Crippen LogP contribution in [0, 0.1) is 0 Å². The highest BCUT2D eigenvalue weighted by Crippen LogP contribution is 2.13. The zero-order chi connectivity index (χ0) is 12.5. The molecule has 1 aromatic rings. The van der Waals surface area contributed by atoms with Crippen molar-refractivity contribution < 1.29 is 9.15 Å². The van der Waals surface area contributed by atoms with Crippen LogP contribution >= 0.6 is 0 Å². The third-order valence-corrected chi connectivity index (χ3v) is 2.83. The minimum absolute atomic E-state index is 0.772. The van der Waals surface area contributed by atoms with Crippen LogP contribution in [-0.4, -0.2) is 38.3 Å². The van der Waals surface area contributed by atoms with Crippen LogP contribution in [-0.2, 0) is 17.8 Å². The smallest absolute Gasteiger partial charge is 0.122 e. The second kappa shape index (κ2) is 8.28. The van der Waals surface area contributed by atoms with Gasteiger partial charge in [0.05, 0.1) is 19.4 Å². The Balaban J connectivity index is 2.50. The predicted molar refractivity (Wildman–Crippen MR) is 68.9 cm³/mol. The molecule has 0 aliphatic rings. The highest BCUT2D eigenvalue weighted by molar-refractivity contribution is 5.16. The number of nitrogens with one attached hydrogen (secondary N) is 1. The first kappa shape index (κ1) is 14.2. The fourth-order valence-electron chi connectivity index (χ4n) is 1.71. The Kier molecular flexibility index (Phi) is 6.93. The molecule has 0 spiro atoms. The maximum absolute atomic E-state index is 5.50. The summed E-state index contributed by atoms with van der Waals surface area (Å²) in [5, 5.41) is 3.29. The minimum Gasteiger partial charge on any atom is -0.468 e. The second-order valence-electron chi connectivity index (χ2n) is 4.01. The Bertz CT molecular complexity index is 299. The molecule has 0 aliphatic carbocycles. The van der Waals surface area contributed by atoms with Gasteiger partial charge in [-0.15, -0.1) is 0 Å². The molecule has 0 saturated heterocycles. The largest absolute Gasteiger partial charge is 0.468 e. The number of hydrogen-bond acceptors (Lipinski definition) is 4. The lowest BCUT2D eigenvalue weighted by Crippen LogP contribution is -2.27. The standard InChI is InChI=1S/C13H24N2O2/c1-4-14-10-13-12(6-8-17-13)11-15(5-2)7-9-16-3/h6,8,14H,4-5,7,9-11H2,1-3H3. The number of methoxy groups -OCH3 is 1. The molecule has 17 heavy (non-hydrogen) atoms. The van der Waals surface area contributed by atoms with Crippen molar-refractivity contribution in [3.63, 3.8) is 0 Å². The Morgan fingerprint density at radius 3 is 2.88 bits per heavy atom. The zero-order valence-corrected chi connectivity index (χ0v) is 11.2. The van der Waals surface area contributed by atoms with Gasteiger partial charge >= 0.3 is 0 Å². The van der Waals surface area contributed by atoms with Gasteiger partial charge in [0, 0.05) is 25.8 Å². The molecule has 1 rings (SSSR count). The van der Waals surface area contributed by atoms with Crippen molar-refractivity contribution in [3.05, 3.63) is 23.7 Å². The minimum atomic E-state index is 0.772. The number of furan rings is 1. The summed E-state index contributed by atoms with van der Waals surface area (Å²) in [6.45, 7) is 9.71. The van der Waals surface area contributed by atoms with Crippen molar-refractivity contribution in [2.45, 2.75) is 26.9 Å². The van der Waals surface area contributed by atoms with E-state index in [4.69, 9.17) is 9.15 Å². The summed E-state index contributed by atoms with van der Waals surface area (Å²) >= 11 is 0. The fraction of sp³-hybridized carbons (Fsp3) is 0.692. The lowest BCUT2D eigenvalue weighted by molar-refractivity contribution is 0.147.